The highest BCUT2D eigenvalue weighted by Crippen LogP contribution is 2.36. The molecule has 0 aliphatic heterocycles. The lowest BCUT2D eigenvalue weighted by molar-refractivity contribution is 0.103. The van der Waals surface area contributed by atoms with E-state index in [1.54, 1.807) is 48.3 Å². The van der Waals surface area contributed by atoms with Gasteiger partial charge in [0.25, 0.3) is 5.91 Å². The van der Waals surface area contributed by atoms with Crippen LogP contribution >= 0.6 is 34.5 Å². The van der Waals surface area contributed by atoms with E-state index in [0.717, 1.165) is 0 Å². The number of aromatic nitrogens is 2. The normalized spacial score (nSPS) is 10.8. The Kier molecular flexibility index (Phi) is 5.83. The molecule has 1 aromatic carbocycles. The number of hydrogen-bond acceptors (Lipinski definition) is 5. The third-order valence-electron chi connectivity index (χ3n) is 3.56. The number of carbonyl (C=O) groups is 1. The summed E-state index contributed by atoms with van der Waals surface area (Å²) >= 11 is 13.4. The molecule has 0 radical (unpaired) electrons. The van der Waals surface area contributed by atoms with E-state index in [-0.39, 0.29) is 5.91 Å². The van der Waals surface area contributed by atoms with Crippen molar-refractivity contribution in [3.05, 3.63) is 50.8 Å². The maximum absolute atomic E-state index is 12.4. The Balaban J connectivity index is 1.95. The van der Waals surface area contributed by atoms with Crippen LogP contribution in [0.25, 0.3) is 11.3 Å². The summed E-state index contributed by atoms with van der Waals surface area (Å²) in [5.74, 6) is 0.373. The summed E-state index contributed by atoms with van der Waals surface area (Å²) in [6.07, 6.45) is 1.56. The number of aryl methyl sites for hydroxylation is 1. The molecule has 0 aliphatic carbocycles. The van der Waals surface area contributed by atoms with Gasteiger partial charge in [-0.25, -0.2) is 0 Å². The van der Waals surface area contributed by atoms with E-state index in [9.17, 15) is 4.79 Å². The van der Waals surface area contributed by atoms with Gasteiger partial charge >= 0.3 is 0 Å². The molecule has 2 aromatic heterocycles. The number of halogens is 2. The Morgan fingerprint density at radius 1 is 1.35 bits per heavy atom. The van der Waals surface area contributed by atoms with Gasteiger partial charge in [-0.15, -0.1) is 11.3 Å². The van der Waals surface area contributed by atoms with E-state index < -0.39 is 0 Å². The fourth-order valence-electron chi connectivity index (χ4n) is 2.43. The van der Waals surface area contributed by atoms with E-state index in [4.69, 9.17) is 33.7 Å². The second-order valence-corrected chi connectivity index (χ2v) is 7.49. The molecule has 3 aromatic rings. The van der Waals surface area contributed by atoms with Gasteiger partial charge in [0.15, 0.2) is 0 Å². The highest BCUT2D eigenvalue weighted by atomic mass is 35.5. The van der Waals surface area contributed by atoms with Gasteiger partial charge in [0, 0.05) is 24.8 Å². The molecule has 0 bridgehead atoms. The molecule has 0 aliphatic rings. The van der Waals surface area contributed by atoms with E-state index in [1.165, 1.54) is 11.3 Å². The minimum atomic E-state index is -0.237. The molecular formula is C17H16Cl2N4O2S. The summed E-state index contributed by atoms with van der Waals surface area (Å²) in [4.78, 5) is 12.9. The number of hydrogen-bond donors (Lipinski definition) is 2. The first-order valence-electron chi connectivity index (χ1n) is 7.71. The van der Waals surface area contributed by atoms with E-state index >= 15 is 0 Å². The van der Waals surface area contributed by atoms with Crippen molar-refractivity contribution in [3.8, 4) is 17.0 Å². The van der Waals surface area contributed by atoms with Crippen molar-refractivity contribution in [2.24, 2.45) is 12.8 Å². The average Bonchev–Trinajstić information content (AvgIpc) is 3.19. The van der Waals surface area contributed by atoms with Crippen molar-refractivity contribution in [1.29, 1.82) is 0 Å². The molecule has 0 unspecified atom stereocenters. The molecule has 0 saturated carbocycles. The number of nitrogens with one attached hydrogen (secondary N) is 1. The number of nitrogens with two attached hydrogens (primary N) is 1. The average molecular weight is 411 g/mol. The third kappa shape index (κ3) is 4.02. The predicted octanol–water partition coefficient (Wildman–Crippen LogP) is 4.05. The fourth-order valence-corrected chi connectivity index (χ4v) is 3.64. The number of carbonyl (C=O) groups excluding carboxylic acids is 1. The Labute approximate surface area is 164 Å². The first-order chi connectivity index (χ1) is 12.5. The van der Waals surface area contributed by atoms with Crippen molar-refractivity contribution in [2.45, 2.75) is 0 Å². The van der Waals surface area contributed by atoms with E-state index in [1.807, 2.05) is 0 Å². The van der Waals surface area contributed by atoms with E-state index in [0.29, 0.717) is 50.1 Å². The zero-order valence-corrected chi connectivity index (χ0v) is 16.2. The number of benzene rings is 1. The van der Waals surface area contributed by atoms with Crippen molar-refractivity contribution in [1.82, 2.24) is 9.78 Å². The minimum absolute atomic E-state index is 0.237. The zero-order chi connectivity index (χ0) is 18.7. The van der Waals surface area contributed by atoms with Crippen LogP contribution in [0.1, 0.15) is 9.67 Å². The summed E-state index contributed by atoms with van der Waals surface area (Å²) in [6, 6.07) is 8.69. The van der Waals surface area contributed by atoms with Crippen LogP contribution in [0, 0.1) is 0 Å². The standard InChI is InChI=1S/C17H16Cl2N4O2S/c1-23-16(12(18)9-21-23)11-8-10(2-3-13(11)25-7-6-20)22-17(24)14-4-5-15(19)26-14/h2-5,8-9H,6-7,20H2,1H3,(H,22,24). The fraction of sp³-hybridized carbons (Fsp3) is 0.176. The van der Waals surface area contributed by atoms with Crippen LogP contribution in [0.2, 0.25) is 9.36 Å². The van der Waals surface area contributed by atoms with Crippen molar-refractivity contribution in [3.63, 3.8) is 0 Å². The maximum Gasteiger partial charge on any atom is 0.265 e. The summed E-state index contributed by atoms with van der Waals surface area (Å²) in [5.41, 5.74) is 7.54. The first kappa shape index (κ1) is 18.7. The highest BCUT2D eigenvalue weighted by molar-refractivity contribution is 7.18. The number of nitrogens with zero attached hydrogens (tertiary/aromatic N) is 2. The van der Waals surface area contributed by atoms with Gasteiger partial charge in [0.1, 0.15) is 12.4 Å². The molecule has 0 saturated heterocycles. The third-order valence-corrected chi connectivity index (χ3v) is 5.07. The second-order valence-electron chi connectivity index (χ2n) is 5.37. The molecule has 26 heavy (non-hydrogen) atoms. The van der Waals surface area contributed by atoms with Crippen LogP contribution < -0.4 is 15.8 Å². The maximum atomic E-state index is 12.4. The van der Waals surface area contributed by atoms with Crippen molar-refractivity contribution >= 4 is 46.1 Å². The largest absolute Gasteiger partial charge is 0.492 e. The lowest BCUT2D eigenvalue weighted by Crippen LogP contribution is -2.12. The summed E-state index contributed by atoms with van der Waals surface area (Å²) in [5, 5.41) is 7.50. The summed E-state index contributed by atoms with van der Waals surface area (Å²) < 4.78 is 7.92. The van der Waals surface area contributed by atoms with Gasteiger partial charge in [-0.1, -0.05) is 23.2 Å². The predicted molar refractivity (Wildman–Crippen MR) is 105 cm³/mol. The van der Waals surface area contributed by atoms with Crippen LogP contribution in [0.5, 0.6) is 5.75 Å². The molecule has 3 rings (SSSR count). The second kappa shape index (κ2) is 8.09. The summed E-state index contributed by atoms with van der Waals surface area (Å²) in [7, 11) is 1.78. The molecule has 136 valence electrons. The van der Waals surface area contributed by atoms with Gasteiger partial charge in [-0.3, -0.25) is 9.48 Å². The van der Waals surface area contributed by atoms with Crippen LogP contribution in [-0.4, -0.2) is 28.8 Å². The molecule has 2 heterocycles. The monoisotopic (exact) mass is 410 g/mol. The zero-order valence-electron chi connectivity index (χ0n) is 13.8. The highest BCUT2D eigenvalue weighted by Gasteiger charge is 2.17. The topological polar surface area (TPSA) is 82.2 Å². The lowest BCUT2D eigenvalue weighted by Gasteiger charge is -2.14. The number of ether oxygens (including phenoxy) is 1. The number of thiophene rings is 1. The summed E-state index contributed by atoms with van der Waals surface area (Å²) in [6.45, 7) is 0.748. The SMILES string of the molecule is Cn1ncc(Cl)c1-c1cc(NC(=O)c2ccc(Cl)s2)ccc1OCCN. The smallest absolute Gasteiger partial charge is 0.265 e. The van der Waals surface area contributed by atoms with Crippen LogP contribution in [-0.2, 0) is 7.05 Å². The first-order valence-corrected chi connectivity index (χ1v) is 9.28. The van der Waals surface area contributed by atoms with Gasteiger partial charge in [-0.2, -0.15) is 5.10 Å². The molecule has 0 fully saturated rings. The van der Waals surface area contributed by atoms with Gasteiger partial charge in [-0.05, 0) is 30.3 Å². The Hall–Kier alpha value is -2.06. The number of rotatable bonds is 6. The van der Waals surface area contributed by atoms with Crippen molar-refractivity contribution in [2.75, 3.05) is 18.5 Å². The molecule has 3 N–H and O–H groups in total. The Morgan fingerprint density at radius 3 is 2.77 bits per heavy atom. The Morgan fingerprint density at radius 2 is 2.15 bits per heavy atom. The van der Waals surface area contributed by atoms with Crippen LogP contribution in [0.3, 0.4) is 0 Å². The number of amides is 1. The molecule has 0 atom stereocenters. The van der Waals surface area contributed by atoms with Gasteiger partial charge in [0.2, 0.25) is 0 Å². The lowest BCUT2D eigenvalue weighted by atomic mass is 10.1. The quantitative estimate of drug-likeness (QED) is 0.641. The van der Waals surface area contributed by atoms with Gasteiger partial charge in [0.05, 0.1) is 26.1 Å². The minimum Gasteiger partial charge on any atom is -0.492 e. The van der Waals surface area contributed by atoms with E-state index in [2.05, 4.69) is 10.4 Å². The van der Waals surface area contributed by atoms with Crippen LogP contribution in [0.15, 0.2) is 36.5 Å². The van der Waals surface area contributed by atoms with Crippen molar-refractivity contribution < 1.29 is 9.53 Å². The molecule has 6 nitrogen and oxygen atoms in total. The van der Waals surface area contributed by atoms with Gasteiger partial charge < -0.3 is 15.8 Å². The number of anilines is 1. The van der Waals surface area contributed by atoms with Crippen LogP contribution in [0.4, 0.5) is 5.69 Å². The molecular weight excluding hydrogens is 395 g/mol. The molecule has 0 spiro atoms. The molecule has 1 amide bonds. The molecule has 9 heteroatoms. The Bertz CT molecular complexity index is 919.